The summed E-state index contributed by atoms with van der Waals surface area (Å²) in [6.45, 7) is 13.1. The molecular formula is C24H33Cl2NZr. The predicted molar refractivity (Wildman–Crippen MR) is 110 cm³/mol. The molecule has 0 saturated heterocycles. The summed E-state index contributed by atoms with van der Waals surface area (Å²) in [4.78, 5) is 2.31. The summed E-state index contributed by atoms with van der Waals surface area (Å²) in [5, 5.41) is 0. The normalized spacial score (nSPS) is 19.9. The Kier molecular flexibility index (Phi) is 9.48. The van der Waals surface area contributed by atoms with E-state index in [2.05, 4.69) is 84.0 Å². The van der Waals surface area contributed by atoms with Crippen LogP contribution in [0.15, 0.2) is 49.8 Å². The van der Waals surface area contributed by atoms with Gasteiger partial charge in [0.05, 0.1) is 0 Å². The fraction of sp³-hybridized carbons (Fsp3) is 0.500. The average Bonchev–Trinajstić information content (AvgIpc) is 3.00. The maximum absolute atomic E-state index is 2.52. The molecule has 0 N–H and O–H groups in total. The van der Waals surface area contributed by atoms with Gasteiger partial charge in [-0.2, -0.15) is 0 Å². The molecule has 1 unspecified atom stereocenters. The van der Waals surface area contributed by atoms with Gasteiger partial charge in [0.1, 0.15) is 0 Å². The molecule has 0 bridgehead atoms. The molecule has 1 atom stereocenters. The zero-order chi connectivity index (χ0) is 19.1. The van der Waals surface area contributed by atoms with Crippen molar-refractivity contribution in [3.63, 3.8) is 0 Å². The summed E-state index contributed by atoms with van der Waals surface area (Å²) < 4.78 is 2.54. The molecule has 0 amide bonds. The molecule has 0 spiro atoms. The molecule has 3 rings (SSSR count). The van der Waals surface area contributed by atoms with E-state index in [-0.39, 0.29) is 30.2 Å². The molecule has 0 heterocycles. The van der Waals surface area contributed by atoms with Crippen molar-refractivity contribution in [2.45, 2.75) is 51.1 Å². The van der Waals surface area contributed by atoms with Crippen LogP contribution in [0.2, 0.25) is 0 Å². The van der Waals surface area contributed by atoms with Gasteiger partial charge in [0.2, 0.25) is 0 Å². The first-order valence-electron chi connectivity index (χ1n) is 9.83. The minimum atomic E-state index is -0.749. The SMILES string of the molecule is CC1=C(C)C(C)(C)[C]([Zr+2][CH]2C(CCCN(C)C)=Cc3ccccc32)=C1C.[Cl-].[Cl-]. The minimum Gasteiger partial charge on any atom is -1.00 e. The molecule has 4 heteroatoms. The number of rotatable bonds is 6. The van der Waals surface area contributed by atoms with E-state index in [0.717, 1.165) is 3.63 Å². The molecule has 2 aliphatic rings. The van der Waals surface area contributed by atoms with Crippen LogP contribution >= 0.6 is 0 Å². The van der Waals surface area contributed by atoms with Crippen LogP contribution < -0.4 is 24.8 Å². The van der Waals surface area contributed by atoms with Crippen molar-refractivity contribution in [2.24, 2.45) is 5.41 Å². The monoisotopic (exact) mass is 495 g/mol. The van der Waals surface area contributed by atoms with Crippen LogP contribution in [0.3, 0.4) is 0 Å². The Morgan fingerprint density at radius 1 is 1.00 bits per heavy atom. The smallest absolute Gasteiger partial charge is 1.00 e. The molecule has 0 fully saturated rings. The third kappa shape index (κ3) is 4.94. The fourth-order valence-corrected chi connectivity index (χ4v) is 9.50. The number of fused-ring (bicyclic) bond motifs is 1. The quantitative estimate of drug-likeness (QED) is 0.543. The van der Waals surface area contributed by atoms with Crippen molar-refractivity contribution in [3.8, 4) is 0 Å². The van der Waals surface area contributed by atoms with Crippen LogP contribution in [-0.2, 0) is 23.2 Å². The third-order valence-corrected chi connectivity index (χ3v) is 12.0. The Hall–Kier alpha value is -0.137. The van der Waals surface area contributed by atoms with Crippen molar-refractivity contribution in [3.05, 3.63) is 61.0 Å². The molecule has 152 valence electrons. The van der Waals surface area contributed by atoms with Gasteiger partial charge < -0.3 is 24.8 Å². The Bertz CT molecular complexity index is 803. The standard InChI is InChI=1S/C14H18N.C10H15.2ClH.Zr/c1-15(2)9-5-6-12-10-13-7-3-4-8-14(13)11-12;1-7-6-10(4,5)9(3)8(7)2;;;/h3-4,7-8,10-11H,5-6,9H2,1-2H3;1-5H3;2*1H;/q;;;;+2/p-2. The van der Waals surface area contributed by atoms with E-state index in [9.17, 15) is 0 Å². The average molecular weight is 498 g/mol. The first kappa shape index (κ1) is 25.9. The van der Waals surface area contributed by atoms with Gasteiger partial charge >= 0.3 is 172 Å². The summed E-state index contributed by atoms with van der Waals surface area (Å²) >= 11 is -0.749. The first-order valence-corrected chi connectivity index (χ1v) is 12.5. The summed E-state index contributed by atoms with van der Waals surface area (Å²) in [7, 11) is 4.36. The van der Waals surface area contributed by atoms with Gasteiger partial charge in [-0.1, -0.05) is 0 Å². The predicted octanol–water partition coefficient (Wildman–Crippen LogP) is 0.207. The van der Waals surface area contributed by atoms with E-state index in [1.807, 2.05) is 3.28 Å². The molecule has 28 heavy (non-hydrogen) atoms. The summed E-state index contributed by atoms with van der Waals surface area (Å²) in [6.07, 6.45) is 5.03. The third-order valence-electron chi connectivity index (χ3n) is 6.44. The van der Waals surface area contributed by atoms with E-state index in [1.165, 1.54) is 24.9 Å². The van der Waals surface area contributed by atoms with Gasteiger partial charge in [-0.3, -0.25) is 0 Å². The first-order chi connectivity index (χ1) is 12.2. The summed E-state index contributed by atoms with van der Waals surface area (Å²) in [5.41, 5.74) is 9.82. The number of benzene rings is 1. The molecule has 1 aromatic carbocycles. The van der Waals surface area contributed by atoms with Crippen LogP contribution in [0.1, 0.15) is 62.2 Å². The fourth-order valence-electron chi connectivity index (χ4n) is 4.40. The van der Waals surface area contributed by atoms with E-state index < -0.39 is 23.2 Å². The topological polar surface area (TPSA) is 3.24 Å². The van der Waals surface area contributed by atoms with Crippen molar-refractivity contribution in [2.75, 3.05) is 20.6 Å². The molecule has 2 aliphatic carbocycles. The maximum Gasteiger partial charge on any atom is -1.00 e. The zero-order valence-electron chi connectivity index (χ0n) is 18.3. The Labute approximate surface area is 196 Å². The zero-order valence-corrected chi connectivity index (χ0v) is 22.3. The van der Waals surface area contributed by atoms with E-state index in [0.29, 0.717) is 0 Å². The molecule has 0 aliphatic heterocycles. The van der Waals surface area contributed by atoms with Gasteiger partial charge in [0.25, 0.3) is 0 Å². The van der Waals surface area contributed by atoms with E-state index >= 15 is 0 Å². The van der Waals surface area contributed by atoms with Crippen LogP contribution in [0.25, 0.3) is 6.08 Å². The van der Waals surface area contributed by atoms with E-state index in [4.69, 9.17) is 0 Å². The van der Waals surface area contributed by atoms with E-state index in [1.54, 1.807) is 27.9 Å². The van der Waals surface area contributed by atoms with Crippen molar-refractivity contribution in [1.82, 2.24) is 4.90 Å². The number of hydrogen-bond acceptors (Lipinski definition) is 1. The second kappa shape index (κ2) is 10.3. The van der Waals surface area contributed by atoms with Gasteiger partial charge in [0, 0.05) is 0 Å². The Morgan fingerprint density at radius 2 is 1.64 bits per heavy atom. The molecule has 0 radical (unpaired) electrons. The minimum absolute atomic E-state index is 0. The maximum atomic E-state index is 2.52. The molecule has 0 saturated carbocycles. The van der Waals surface area contributed by atoms with Crippen LogP contribution in [0.4, 0.5) is 0 Å². The second-order valence-electron chi connectivity index (χ2n) is 8.71. The molecule has 0 aromatic heterocycles. The van der Waals surface area contributed by atoms with Gasteiger partial charge in [-0.25, -0.2) is 0 Å². The van der Waals surface area contributed by atoms with Crippen LogP contribution in [-0.4, -0.2) is 25.5 Å². The summed E-state index contributed by atoms with van der Waals surface area (Å²) in [6, 6.07) is 9.13. The van der Waals surface area contributed by atoms with Crippen molar-refractivity contribution >= 4 is 6.08 Å². The number of halogens is 2. The Morgan fingerprint density at radius 3 is 2.21 bits per heavy atom. The van der Waals surface area contributed by atoms with Crippen molar-refractivity contribution in [1.29, 1.82) is 0 Å². The Balaban J connectivity index is 0.00000196. The van der Waals surface area contributed by atoms with Crippen LogP contribution in [0, 0.1) is 5.41 Å². The largest absolute Gasteiger partial charge is 1.00 e. The molecule has 1 aromatic rings. The number of nitrogens with zero attached hydrogens (tertiary/aromatic N) is 1. The number of hydrogen-bond donors (Lipinski definition) is 0. The van der Waals surface area contributed by atoms with Gasteiger partial charge in [-0.05, 0) is 0 Å². The second-order valence-corrected chi connectivity index (χ2v) is 12.1. The van der Waals surface area contributed by atoms with Crippen molar-refractivity contribution < 1.29 is 48.0 Å². The summed E-state index contributed by atoms with van der Waals surface area (Å²) in [5.74, 6) is 0. The molecular weight excluding hydrogens is 464 g/mol. The number of allylic oxidation sites excluding steroid dienone is 5. The van der Waals surface area contributed by atoms with Gasteiger partial charge in [-0.15, -0.1) is 0 Å². The molecule has 1 nitrogen and oxygen atoms in total. The van der Waals surface area contributed by atoms with Crippen LogP contribution in [0.5, 0.6) is 0 Å². The van der Waals surface area contributed by atoms with Gasteiger partial charge in [0.15, 0.2) is 0 Å².